The number of hydrogen-bond donors (Lipinski definition) is 1. The second-order valence-electron chi connectivity index (χ2n) is 3.17. The summed E-state index contributed by atoms with van der Waals surface area (Å²) in [7, 11) is 0. The fourth-order valence-corrected chi connectivity index (χ4v) is 1.81. The molecule has 0 aliphatic rings. The zero-order valence-corrected chi connectivity index (χ0v) is 10.5. The van der Waals surface area contributed by atoms with E-state index in [-0.39, 0.29) is 0 Å². The molecule has 0 bridgehead atoms. The average molecular weight is 270 g/mol. The molecule has 0 saturated carbocycles. The van der Waals surface area contributed by atoms with Gasteiger partial charge in [-0.2, -0.15) is 0 Å². The molecular formula is C11H16BrN3. The van der Waals surface area contributed by atoms with E-state index in [1.54, 1.807) is 6.20 Å². The highest BCUT2D eigenvalue weighted by Crippen LogP contribution is 2.20. The van der Waals surface area contributed by atoms with E-state index in [4.69, 9.17) is 5.73 Å². The van der Waals surface area contributed by atoms with E-state index < -0.39 is 0 Å². The molecule has 4 heteroatoms. The molecule has 82 valence electrons. The van der Waals surface area contributed by atoms with E-state index in [2.05, 4.69) is 39.3 Å². The molecule has 1 aromatic rings. The summed E-state index contributed by atoms with van der Waals surface area (Å²) in [5.41, 5.74) is 6.74. The Morgan fingerprint density at radius 3 is 2.93 bits per heavy atom. The van der Waals surface area contributed by atoms with Crippen LogP contribution >= 0.6 is 15.9 Å². The van der Waals surface area contributed by atoms with Crippen molar-refractivity contribution in [1.82, 2.24) is 4.98 Å². The average Bonchev–Trinajstić information content (AvgIpc) is 2.26. The van der Waals surface area contributed by atoms with Crippen molar-refractivity contribution < 1.29 is 0 Å². The van der Waals surface area contributed by atoms with Crippen LogP contribution in [0.2, 0.25) is 0 Å². The smallest absolute Gasteiger partial charge is 0.133 e. The van der Waals surface area contributed by atoms with Crippen molar-refractivity contribution in [2.45, 2.75) is 13.5 Å². The third-order valence-corrected chi connectivity index (χ3v) is 2.59. The zero-order valence-electron chi connectivity index (χ0n) is 8.91. The molecular weight excluding hydrogens is 254 g/mol. The predicted octanol–water partition coefficient (Wildman–Crippen LogP) is 2.32. The molecule has 0 atom stereocenters. The van der Waals surface area contributed by atoms with Crippen molar-refractivity contribution in [3.8, 4) is 0 Å². The lowest BCUT2D eigenvalue weighted by atomic mass is 10.2. The first kappa shape index (κ1) is 12.2. The van der Waals surface area contributed by atoms with Crippen molar-refractivity contribution in [2.24, 2.45) is 5.73 Å². The van der Waals surface area contributed by atoms with Gasteiger partial charge in [0, 0.05) is 35.9 Å². The van der Waals surface area contributed by atoms with Gasteiger partial charge in [-0.25, -0.2) is 4.98 Å². The molecule has 0 aliphatic heterocycles. The molecule has 0 aromatic carbocycles. The van der Waals surface area contributed by atoms with E-state index in [1.165, 1.54) is 0 Å². The summed E-state index contributed by atoms with van der Waals surface area (Å²) in [5.74, 6) is 0.947. The normalized spacial score (nSPS) is 10.1. The zero-order chi connectivity index (χ0) is 11.3. The van der Waals surface area contributed by atoms with Gasteiger partial charge in [-0.05, 0) is 28.9 Å². The summed E-state index contributed by atoms with van der Waals surface area (Å²) >= 11 is 3.39. The van der Waals surface area contributed by atoms with Crippen LogP contribution in [0, 0.1) is 0 Å². The number of hydrogen-bond acceptors (Lipinski definition) is 3. The molecule has 0 radical (unpaired) electrons. The Hall–Kier alpha value is -0.870. The number of nitrogens with zero attached hydrogens (tertiary/aromatic N) is 2. The number of anilines is 1. The number of likely N-dealkylation sites (N-methyl/N-ethyl adjacent to an activating group) is 1. The van der Waals surface area contributed by atoms with Crippen LogP contribution in [0.25, 0.3) is 0 Å². The van der Waals surface area contributed by atoms with Gasteiger partial charge in [-0.1, -0.05) is 6.08 Å². The van der Waals surface area contributed by atoms with Crippen LogP contribution in [0.5, 0.6) is 0 Å². The maximum absolute atomic E-state index is 5.69. The third kappa shape index (κ3) is 3.04. The first-order valence-corrected chi connectivity index (χ1v) is 5.72. The molecule has 1 heterocycles. The first-order chi connectivity index (χ1) is 7.22. The Labute approximate surface area is 99.1 Å². The topological polar surface area (TPSA) is 42.2 Å². The van der Waals surface area contributed by atoms with E-state index in [0.717, 1.165) is 28.9 Å². The predicted molar refractivity (Wildman–Crippen MR) is 67.9 cm³/mol. The highest BCUT2D eigenvalue weighted by atomic mass is 79.9. The van der Waals surface area contributed by atoms with Crippen LogP contribution in [0.15, 0.2) is 29.4 Å². The van der Waals surface area contributed by atoms with Crippen LogP contribution in [0.4, 0.5) is 5.82 Å². The SMILES string of the molecule is C=CCN(CC)c1ncc(Br)cc1CN. The van der Waals surface area contributed by atoms with Crippen LogP contribution in [-0.2, 0) is 6.54 Å². The Bertz CT molecular complexity index is 339. The molecule has 0 spiro atoms. The second-order valence-corrected chi connectivity index (χ2v) is 4.08. The summed E-state index contributed by atoms with van der Waals surface area (Å²) in [6.45, 7) is 8.01. The molecule has 15 heavy (non-hydrogen) atoms. The Balaban J connectivity index is 3.04. The lowest BCUT2D eigenvalue weighted by molar-refractivity contribution is 0.862. The van der Waals surface area contributed by atoms with Crippen molar-refractivity contribution in [3.63, 3.8) is 0 Å². The summed E-state index contributed by atoms with van der Waals surface area (Å²) in [5, 5.41) is 0. The van der Waals surface area contributed by atoms with Crippen LogP contribution in [0.1, 0.15) is 12.5 Å². The second kappa shape index (κ2) is 5.88. The molecule has 0 amide bonds. The van der Waals surface area contributed by atoms with Crippen molar-refractivity contribution in [3.05, 3.63) is 35.0 Å². The van der Waals surface area contributed by atoms with E-state index >= 15 is 0 Å². The largest absolute Gasteiger partial charge is 0.353 e. The van der Waals surface area contributed by atoms with Crippen LogP contribution in [0.3, 0.4) is 0 Å². The summed E-state index contributed by atoms with van der Waals surface area (Å²) in [6.07, 6.45) is 3.66. The van der Waals surface area contributed by atoms with Gasteiger partial charge in [0.15, 0.2) is 0 Å². The van der Waals surface area contributed by atoms with Gasteiger partial charge in [0.05, 0.1) is 0 Å². The molecule has 1 rings (SSSR count). The number of halogens is 1. The molecule has 1 aromatic heterocycles. The molecule has 0 unspecified atom stereocenters. The highest BCUT2D eigenvalue weighted by molar-refractivity contribution is 9.10. The lowest BCUT2D eigenvalue weighted by Crippen LogP contribution is -2.25. The Kier molecular flexibility index (Phi) is 4.78. The fraction of sp³-hybridized carbons (Fsp3) is 0.364. The molecule has 0 aliphatic carbocycles. The lowest BCUT2D eigenvalue weighted by Gasteiger charge is -2.22. The van der Waals surface area contributed by atoms with Gasteiger partial charge in [0.2, 0.25) is 0 Å². The Morgan fingerprint density at radius 1 is 1.67 bits per heavy atom. The van der Waals surface area contributed by atoms with Gasteiger partial charge in [-0.3, -0.25) is 0 Å². The van der Waals surface area contributed by atoms with E-state index in [9.17, 15) is 0 Å². The van der Waals surface area contributed by atoms with Crippen LogP contribution in [-0.4, -0.2) is 18.1 Å². The maximum atomic E-state index is 5.69. The molecule has 0 fully saturated rings. The first-order valence-electron chi connectivity index (χ1n) is 4.93. The van der Waals surface area contributed by atoms with Gasteiger partial charge >= 0.3 is 0 Å². The van der Waals surface area contributed by atoms with Gasteiger partial charge < -0.3 is 10.6 Å². The minimum absolute atomic E-state index is 0.495. The minimum Gasteiger partial charge on any atom is -0.353 e. The summed E-state index contributed by atoms with van der Waals surface area (Å²) in [6, 6.07) is 2.01. The van der Waals surface area contributed by atoms with Crippen LogP contribution < -0.4 is 10.6 Å². The minimum atomic E-state index is 0.495. The molecule has 2 N–H and O–H groups in total. The number of nitrogens with two attached hydrogens (primary N) is 1. The van der Waals surface area contributed by atoms with Gasteiger partial charge in [-0.15, -0.1) is 6.58 Å². The van der Waals surface area contributed by atoms with Gasteiger partial charge in [0.1, 0.15) is 5.82 Å². The Morgan fingerprint density at radius 2 is 2.40 bits per heavy atom. The number of rotatable bonds is 5. The van der Waals surface area contributed by atoms with Gasteiger partial charge in [0.25, 0.3) is 0 Å². The highest BCUT2D eigenvalue weighted by Gasteiger charge is 2.09. The monoisotopic (exact) mass is 269 g/mol. The van der Waals surface area contributed by atoms with Crippen molar-refractivity contribution >= 4 is 21.7 Å². The summed E-state index contributed by atoms with van der Waals surface area (Å²) < 4.78 is 0.960. The quantitative estimate of drug-likeness (QED) is 0.835. The van der Waals surface area contributed by atoms with Crippen molar-refractivity contribution in [1.29, 1.82) is 0 Å². The fourth-order valence-electron chi connectivity index (χ4n) is 1.43. The maximum Gasteiger partial charge on any atom is 0.133 e. The van der Waals surface area contributed by atoms with Crippen molar-refractivity contribution in [2.75, 3.05) is 18.0 Å². The van der Waals surface area contributed by atoms with E-state index in [1.807, 2.05) is 12.1 Å². The third-order valence-electron chi connectivity index (χ3n) is 2.16. The standard InChI is InChI=1S/C11H16BrN3/c1-3-5-15(4-2)11-9(7-13)6-10(12)8-14-11/h3,6,8H,1,4-5,7,13H2,2H3. The molecule has 3 nitrogen and oxygen atoms in total. The number of pyridine rings is 1. The molecule has 0 saturated heterocycles. The van der Waals surface area contributed by atoms with E-state index in [0.29, 0.717) is 6.54 Å². The number of aromatic nitrogens is 1. The summed E-state index contributed by atoms with van der Waals surface area (Å²) in [4.78, 5) is 6.53.